The average Bonchev–Trinajstić information content (AvgIpc) is 2.39. The van der Waals surface area contributed by atoms with Crippen molar-refractivity contribution in [1.82, 2.24) is 10.6 Å². The minimum absolute atomic E-state index is 0.0812. The number of aliphatic hydroxyl groups is 2. The Kier molecular flexibility index (Phi) is 2.97. The first-order valence-corrected chi connectivity index (χ1v) is 10.8. The lowest BCUT2D eigenvalue weighted by Gasteiger charge is -2.62. The number of guanidine groups is 1. The van der Waals surface area contributed by atoms with Crippen LogP contribution in [0.5, 0.6) is 0 Å². The van der Waals surface area contributed by atoms with E-state index >= 15 is 0 Å². The van der Waals surface area contributed by atoms with Crippen LogP contribution in [0.4, 0.5) is 0 Å². The highest BCUT2D eigenvalue weighted by Gasteiger charge is 2.59. The molecule has 8 aliphatic rings. The normalized spacial score (nSPS) is 58.8. The molecule has 8 saturated carbocycles. The van der Waals surface area contributed by atoms with Crippen LogP contribution < -0.4 is 10.6 Å². The van der Waals surface area contributed by atoms with E-state index in [1.165, 1.54) is 12.8 Å². The van der Waals surface area contributed by atoms with Gasteiger partial charge in [-0.2, -0.15) is 0 Å². The fraction of sp³-hybridized carbons (Fsp3) is 0.952. The van der Waals surface area contributed by atoms with Crippen molar-refractivity contribution in [3.63, 3.8) is 0 Å². The Bertz CT molecular complexity index is 580. The second-order valence-corrected chi connectivity index (χ2v) is 11.6. The predicted octanol–water partition coefficient (Wildman–Crippen LogP) is 2.27. The molecule has 4 atom stereocenters. The summed E-state index contributed by atoms with van der Waals surface area (Å²) >= 11 is 0. The molecule has 5 heteroatoms. The van der Waals surface area contributed by atoms with Crippen LogP contribution in [-0.4, -0.2) is 38.5 Å². The van der Waals surface area contributed by atoms with Gasteiger partial charge in [-0.05, 0) is 101 Å². The van der Waals surface area contributed by atoms with Crippen molar-refractivity contribution >= 4 is 5.96 Å². The summed E-state index contributed by atoms with van der Waals surface area (Å²) in [6.07, 6.45) is 12.5. The molecule has 0 amide bonds. The predicted molar refractivity (Wildman–Crippen MR) is 98.7 cm³/mol. The van der Waals surface area contributed by atoms with Crippen molar-refractivity contribution in [2.45, 2.75) is 99.3 Å². The van der Waals surface area contributed by atoms with Crippen molar-refractivity contribution in [2.24, 2.45) is 23.7 Å². The van der Waals surface area contributed by atoms with Gasteiger partial charge in [0.25, 0.3) is 0 Å². The molecular formula is C21H33N3O2. The summed E-state index contributed by atoms with van der Waals surface area (Å²) in [5.41, 5.74) is -1.15. The van der Waals surface area contributed by atoms with Gasteiger partial charge in [0.05, 0.1) is 11.2 Å². The van der Waals surface area contributed by atoms with Crippen LogP contribution in [0.3, 0.4) is 0 Å². The summed E-state index contributed by atoms with van der Waals surface area (Å²) in [4.78, 5) is 0. The van der Waals surface area contributed by atoms with Crippen LogP contribution in [0.1, 0.15) is 77.0 Å². The Labute approximate surface area is 155 Å². The zero-order chi connectivity index (χ0) is 17.8. The van der Waals surface area contributed by atoms with Gasteiger partial charge in [0.1, 0.15) is 0 Å². The number of hydrogen-bond donors (Lipinski definition) is 5. The van der Waals surface area contributed by atoms with Gasteiger partial charge < -0.3 is 20.8 Å². The molecule has 8 fully saturated rings. The van der Waals surface area contributed by atoms with E-state index in [1.807, 2.05) is 0 Å². The Hall–Kier alpha value is -0.810. The maximum absolute atomic E-state index is 11.0. The monoisotopic (exact) mass is 359 g/mol. The largest absolute Gasteiger partial charge is 0.390 e. The third kappa shape index (κ3) is 2.39. The summed E-state index contributed by atoms with van der Waals surface area (Å²) in [7, 11) is 0. The highest BCUT2D eigenvalue weighted by atomic mass is 16.3. The summed E-state index contributed by atoms with van der Waals surface area (Å²) in [6, 6.07) is 0. The first-order chi connectivity index (χ1) is 12.2. The van der Waals surface area contributed by atoms with Crippen molar-refractivity contribution in [1.29, 1.82) is 5.41 Å². The minimum atomic E-state index is -0.493. The maximum atomic E-state index is 11.0. The van der Waals surface area contributed by atoms with Crippen LogP contribution in [-0.2, 0) is 0 Å². The molecule has 0 aromatic heterocycles. The Balaban J connectivity index is 1.19. The molecular weight excluding hydrogens is 326 g/mol. The molecule has 0 radical (unpaired) electrons. The molecule has 26 heavy (non-hydrogen) atoms. The maximum Gasteiger partial charge on any atom is 0.189 e. The molecule has 8 bridgehead atoms. The van der Waals surface area contributed by atoms with Gasteiger partial charge in [-0.15, -0.1) is 0 Å². The lowest BCUT2D eigenvalue weighted by atomic mass is 9.51. The van der Waals surface area contributed by atoms with Crippen molar-refractivity contribution in [3.8, 4) is 0 Å². The van der Waals surface area contributed by atoms with Crippen LogP contribution in [0.15, 0.2) is 0 Å². The van der Waals surface area contributed by atoms with E-state index in [2.05, 4.69) is 10.6 Å². The molecule has 0 heterocycles. The molecule has 0 saturated heterocycles. The number of rotatable bonds is 2. The molecule has 4 unspecified atom stereocenters. The zero-order valence-corrected chi connectivity index (χ0v) is 15.7. The van der Waals surface area contributed by atoms with Gasteiger partial charge in [-0.25, -0.2) is 0 Å². The van der Waals surface area contributed by atoms with Crippen molar-refractivity contribution in [3.05, 3.63) is 0 Å². The molecule has 0 spiro atoms. The topological polar surface area (TPSA) is 88.4 Å². The minimum Gasteiger partial charge on any atom is -0.390 e. The van der Waals surface area contributed by atoms with E-state index < -0.39 is 11.2 Å². The second kappa shape index (κ2) is 4.78. The van der Waals surface area contributed by atoms with Gasteiger partial charge in [-0.1, -0.05) is 0 Å². The first-order valence-electron chi connectivity index (χ1n) is 10.8. The molecule has 5 N–H and O–H groups in total. The highest BCUT2D eigenvalue weighted by Crippen LogP contribution is 2.59. The van der Waals surface area contributed by atoms with Crippen LogP contribution in [0, 0.1) is 29.1 Å². The Morgan fingerprint density at radius 1 is 0.654 bits per heavy atom. The van der Waals surface area contributed by atoms with E-state index in [0.717, 1.165) is 64.2 Å². The quantitative estimate of drug-likeness (QED) is 0.387. The summed E-state index contributed by atoms with van der Waals surface area (Å²) < 4.78 is 0. The lowest BCUT2D eigenvalue weighted by molar-refractivity contribution is -0.141. The van der Waals surface area contributed by atoms with Crippen molar-refractivity contribution < 1.29 is 10.2 Å². The van der Waals surface area contributed by atoms with Gasteiger partial charge in [0.15, 0.2) is 5.96 Å². The molecule has 8 aliphatic carbocycles. The third-order valence-electron chi connectivity index (χ3n) is 8.84. The highest BCUT2D eigenvalue weighted by molar-refractivity contribution is 5.78. The molecule has 5 nitrogen and oxygen atoms in total. The molecule has 144 valence electrons. The van der Waals surface area contributed by atoms with Crippen LogP contribution in [0.25, 0.3) is 0 Å². The molecule has 0 aromatic carbocycles. The molecule has 8 rings (SSSR count). The molecule has 0 aliphatic heterocycles. The smallest absolute Gasteiger partial charge is 0.189 e. The van der Waals surface area contributed by atoms with E-state index in [-0.39, 0.29) is 11.1 Å². The van der Waals surface area contributed by atoms with E-state index in [9.17, 15) is 10.2 Å². The van der Waals surface area contributed by atoms with Crippen molar-refractivity contribution in [2.75, 3.05) is 0 Å². The molecule has 0 aromatic rings. The summed E-state index contributed by atoms with van der Waals surface area (Å²) in [5.74, 6) is 2.95. The van der Waals surface area contributed by atoms with E-state index in [0.29, 0.717) is 29.6 Å². The third-order valence-corrected chi connectivity index (χ3v) is 8.84. The van der Waals surface area contributed by atoms with Crippen LogP contribution >= 0.6 is 0 Å². The van der Waals surface area contributed by atoms with Gasteiger partial charge in [0.2, 0.25) is 0 Å². The van der Waals surface area contributed by atoms with Gasteiger partial charge in [0, 0.05) is 11.1 Å². The average molecular weight is 360 g/mol. The fourth-order valence-electron chi connectivity index (χ4n) is 9.28. The SMILES string of the molecule is N=C(NC12CC3CC(CC(O)(C3)C1)C2)NC12CC3CC(CC(O)(C3)C1)C2. The Morgan fingerprint density at radius 2 is 1.00 bits per heavy atom. The van der Waals surface area contributed by atoms with E-state index in [1.54, 1.807) is 0 Å². The summed E-state index contributed by atoms with van der Waals surface area (Å²) in [5, 5.41) is 37.7. The number of nitrogens with one attached hydrogen (secondary N) is 3. The van der Waals surface area contributed by atoms with E-state index in [4.69, 9.17) is 5.41 Å². The fourth-order valence-corrected chi connectivity index (χ4v) is 9.28. The first kappa shape index (κ1) is 16.2. The lowest BCUT2D eigenvalue weighted by Crippen LogP contribution is -2.70. The standard InChI is InChI=1S/C21H33N3O2/c22-17(23-18-3-13-1-14(4-18)8-20(25,7-13)11-18)24-19-5-15-2-16(6-19)10-21(26,9-15)12-19/h13-16,25-26H,1-12H2,(H3,22,23,24). The number of hydrogen-bond acceptors (Lipinski definition) is 3. The summed E-state index contributed by atoms with van der Waals surface area (Å²) in [6.45, 7) is 0. The van der Waals surface area contributed by atoms with Gasteiger partial charge in [-0.3, -0.25) is 5.41 Å². The zero-order valence-electron chi connectivity index (χ0n) is 15.7. The van der Waals surface area contributed by atoms with Gasteiger partial charge >= 0.3 is 0 Å². The second-order valence-electron chi connectivity index (χ2n) is 11.6. The Morgan fingerprint density at radius 3 is 1.31 bits per heavy atom. The van der Waals surface area contributed by atoms with Crippen LogP contribution in [0.2, 0.25) is 0 Å².